The summed E-state index contributed by atoms with van der Waals surface area (Å²) in [7, 11) is 1.78. The monoisotopic (exact) mass is 369 g/mol. The van der Waals surface area contributed by atoms with E-state index in [0.29, 0.717) is 30.3 Å². The molecule has 0 radical (unpaired) electrons. The van der Waals surface area contributed by atoms with E-state index < -0.39 is 0 Å². The topological polar surface area (TPSA) is 47.4 Å². The molecular formula is C20H20ClN3O2. The first kappa shape index (κ1) is 18.0. The Morgan fingerprint density at radius 3 is 2.77 bits per heavy atom. The number of carbonyl (C=O) groups is 1. The van der Waals surface area contributed by atoms with Crippen LogP contribution in [0.1, 0.15) is 12.0 Å². The largest absolute Gasteiger partial charge is 0.493 e. The van der Waals surface area contributed by atoms with Gasteiger partial charge in [-0.3, -0.25) is 4.79 Å². The lowest BCUT2D eigenvalue weighted by molar-refractivity contribution is -0.130. The zero-order chi connectivity index (χ0) is 18.4. The molecule has 2 aromatic carbocycles. The normalized spacial score (nSPS) is 10.5. The first-order valence-corrected chi connectivity index (χ1v) is 8.71. The minimum absolute atomic E-state index is 0.0134. The van der Waals surface area contributed by atoms with Gasteiger partial charge in [-0.15, -0.1) is 0 Å². The third kappa shape index (κ3) is 4.86. The maximum atomic E-state index is 12.3. The Morgan fingerprint density at radius 1 is 1.19 bits per heavy atom. The van der Waals surface area contributed by atoms with Crippen LogP contribution in [0.25, 0.3) is 5.69 Å². The number of nitrogens with zero attached hydrogens (tertiary/aromatic N) is 3. The molecule has 0 saturated carbocycles. The van der Waals surface area contributed by atoms with Crippen LogP contribution in [0.5, 0.6) is 5.75 Å². The van der Waals surface area contributed by atoms with Gasteiger partial charge in [-0.2, -0.15) is 5.10 Å². The van der Waals surface area contributed by atoms with Crippen LogP contribution in [0.3, 0.4) is 0 Å². The summed E-state index contributed by atoms with van der Waals surface area (Å²) in [5, 5.41) is 4.96. The zero-order valence-electron chi connectivity index (χ0n) is 14.5. The molecule has 0 atom stereocenters. The Bertz CT molecular complexity index is 864. The number of rotatable bonds is 7. The molecule has 1 amide bonds. The van der Waals surface area contributed by atoms with E-state index in [1.165, 1.54) is 0 Å². The standard InChI is InChI=1S/C20H20ClN3O2/c1-23(20(25)10-11-26-19-9-5-6-17(21)12-19)14-16-13-22-24(15-16)18-7-3-2-4-8-18/h2-9,12-13,15H,10-11,14H2,1H3. The molecule has 0 fully saturated rings. The molecule has 0 saturated heterocycles. The van der Waals surface area contributed by atoms with Crippen molar-refractivity contribution in [2.75, 3.05) is 13.7 Å². The summed E-state index contributed by atoms with van der Waals surface area (Å²) in [6.07, 6.45) is 4.01. The summed E-state index contributed by atoms with van der Waals surface area (Å²) in [6, 6.07) is 17.0. The Hall–Kier alpha value is -2.79. The summed E-state index contributed by atoms with van der Waals surface area (Å²) in [6.45, 7) is 0.815. The number of hydrogen-bond donors (Lipinski definition) is 0. The number of amides is 1. The number of benzene rings is 2. The lowest BCUT2D eigenvalue weighted by Crippen LogP contribution is -2.27. The second kappa shape index (κ2) is 8.54. The Morgan fingerprint density at radius 2 is 2.00 bits per heavy atom. The van der Waals surface area contributed by atoms with Crippen LogP contribution in [-0.4, -0.2) is 34.2 Å². The van der Waals surface area contributed by atoms with Crippen molar-refractivity contribution in [3.05, 3.63) is 77.6 Å². The molecule has 0 unspecified atom stereocenters. The SMILES string of the molecule is CN(Cc1cnn(-c2ccccc2)c1)C(=O)CCOc1cccc(Cl)c1. The number of hydrogen-bond acceptors (Lipinski definition) is 3. The van der Waals surface area contributed by atoms with E-state index in [1.807, 2.05) is 48.7 Å². The lowest BCUT2D eigenvalue weighted by Gasteiger charge is -2.16. The Balaban J connectivity index is 1.49. The van der Waals surface area contributed by atoms with E-state index in [2.05, 4.69) is 5.10 Å². The lowest BCUT2D eigenvalue weighted by atomic mass is 10.3. The quantitative estimate of drug-likeness (QED) is 0.633. The predicted molar refractivity (Wildman–Crippen MR) is 102 cm³/mol. The van der Waals surface area contributed by atoms with Gasteiger partial charge in [0.25, 0.3) is 0 Å². The fraction of sp³-hybridized carbons (Fsp3) is 0.200. The molecule has 0 aliphatic carbocycles. The van der Waals surface area contributed by atoms with Crippen LogP contribution >= 0.6 is 11.6 Å². The number of ether oxygens (including phenoxy) is 1. The molecule has 1 aromatic heterocycles. The summed E-state index contributed by atoms with van der Waals surface area (Å²) in [5.41, 5.74) is 1.96. The second-order valence-corrected chi connectivity index (χ2v) is 6.37. The van der Waals surface area contributed by atoms with E-state index in [4.69, 9.17) is 16.3 Å². The van der Waals surface area contributed by atoms with Gasteiger partial charge in [0.15, 0.2) is 0 Å². The minimum Gasteiger partial charge on any atom is -0.493 e. The minimum atomic E-state index is 0.0134. The Labute approximate surface area is 157 Å². The summed E-state index contributed by atoms with van der Waals surface area (Å²) < 4.78 is 7.37. The van der Waals surface area contributed by atoms with Gasteiger partial charge in [0, 0.05) is 30.4 Å². The van der Waals surface area contributed by atoms with Gasteiger partial charge in [0.1, 0.15) is 5.75 Å². The first-order valence-electron chi connectivity index (χ1n) is 8.33. The summed E-state index contributed by atoms with van der Waals surface area (Å²) in [5.74, 6) is 0.677. The van der Waals surface area contributed by atoms with Crippen LogP contribution in [0, 0.1) is 0 Å². The van der Waals surface area contributed by atoms with Gasteiger partial charge in [-0.05, 0) is 30.3 Å². The first-order chi connectivity index (χ1) is 12.6. The number of halogens is 1. The maximum Gasteiger partial charge on any atom is 0.226 e. The van der Waals surface area contributed by atoms with Crippen molar-refractivity contribution >= 4 is 17.5 Å². The van der Waals surface area contributed by atoms with Crippen LogP contribution in [0.4, 0.5) is 0 Å². The highest BCUT2D eigenvalue weighted by molar-refractivity contribution is 6.30. The molecule has 134 valence electrons. The molecule has 5 nitrogen and oxygen atoms in total. The molecular weight excluding hydrogens is 350 g/mol. The third-order valence-corrected chi connectivity index (χ3v) is 4.12. The number of para-hydroxylation sites is 1. The van der Waals surface area contributed by atoms with Crippen LogP contribution in [0.15, 0.2) is 67.0 Å². The molecule has 6 heteroatoms. The van der Waals surface area contributed by atoms with Crippen molar-refractivity contribution < 1.29 is 9.53 Å². The van der Waals surface area contributed by atoms with E-state index in [0.717, 1.165) is 11.3 Å². The van der Waals surface area contributed by atoms with Gasteiger partial charge < -0.3 is 9.64 Å². The van der Waals surface area contributed by atoms with E-state index in [1.54, 1.807) is 35.0 Å². The molecule has 0 spiro atoms. The van der Waals surface area contributed by atoms with Crippen molar-refractivity contribution in [2.24, 2.45) is 0 Å². The highest BCUT2D eigenvalue weighted by Gasteiger charge is 2.11. The highest BCUT2D eigenvalue weighted by atomic mass is 35.5. The van der Waals surface area contributed by atoms with Crippen molar-refractivity contribution in [1.82, 2.24) is 14.7 Å². The predicted octanol–water partition coefficient (Wildman–Crippen LogP) is 3.95. The van der Waals surface area contributed by atoms with Crippen molar-refractivity contribution in [3.8, 4) is 11.4 Å². The van der Waals surface area contributed by atoms with Crippen LogP contribution in [-0.2, 0) is 11.3 Å². The zero-order valence-corrected chi connectivity index (χ0v) is 15.3. The molecule has 3 rings (SSSR count). The summed E-state index contributed by atoms with van der Waals surface area (Å²) >= 11 is 5.91. The molecule has 0 N–H and O–H groups in total. The average Bonchev–Trinajstić information content (AvgIpc) is 3.11. The molecule has 3 aromatic rings. The van der Waals surface area contributed by atoms with Crippen LogP contribution < -0.4 is 4.74 Å². The van der Waals surface area contributed by atoms with Gasteiger partial charge in [-0.25, -0.2) is 4.68 Å². The van der Waals surface area contributed by atoms with Gasteiger partial charge in [0.2, 0.25) is 5.91 Å². The third-order valence-electron chi connectivity index (χ3n) is 3.88. The van der Waals surface area contributed by atoms with E-state index >= 15 is 0 Å². The smallest absolute Gasteiger partial charge is 0.226 e. The van der Waals surface area contributed by atoms with Crippen molar-refractivity contribution in [2.45, 2.75) is 13.0 Å². The fourth-order valence-electron chi connectivity index (χ4n) is 2.53. The fourth-order valence-corrected chi connectivity index (χ4v) is 2.71. The van der Waals surface area contributed by atoms with E-state index in [-0.39, 0.29) is 5.91 Å². The number of carbonyl (C=O) groups excluding carboxylic acids is 1. The summed E-state index contributed by atoms with van der Waals surface area (Å²) in [4.78, 5) is 13.9. The average molecular weight is 370 g/mol. The maximum absolute atomic E-state index is 12.3. The Kier molecular flexibility index (Phi) is 5.92. The molecule has 1 heterocycles. The molecule has 0 bridgehead atoms. The number of aromatic nitrogens is 2. The van der Waals surface area contributed by atoms with E-state index in [9.17, 15) is 4.79 Å². The van der Waals surface area contributed by atoms with Gasteiger partial charge in [-0.1, -0.05) is 35.9 Å². The van der Waals surface area contributed by atoms with Gasteiger partial charge in [0.05, 0.1) is 24.9 Å². The van der Waals surface area contributed by atoms with Crippen molar-refractivity contribution in [1.29, 1.82) is 0 Å². The van der Waals surface area contributed by atoms with Crippen molar-refractivity contribution in [3.63, 3.8) is 0 Å². The van der Waals surface area contributed by atoms with Gasteiger partial charge >= 0.3 is 0 Å². The molecule has 0 aliphatic rings. The van der Waals surface area contributed by atoms with Crippen LogP contribution in [0.2, 0.25) is 5.02 Å². The highest BCUT2D eigenvalue weighted by Crippen LogP contribution is 2.17. The molecule has 26 heavy (non-hydrogen) atoms. The molecule has 0 aliphatic heterocycles. The second-order valence-electron chi connectivity index (χ2n) is 5.93.